The van der Waals surface area contributed by atoms with Crippen LogP contribution in [0.25, 0.3) is 10.9 Å². The van der Waals surface area contributed by atoms with E-state index in [-0.39, 0.29) is 5.91 Å². The first-order chi connectivity index (χ1) is 12.5. The van der Waals surface area contributed by atoms with E-state index in [0.717, 1.165) is 16.5 Å². The van der Waals surface area contributed by atoms with Crippen molar-refractivity contribution < 1.29 is 14.7 Å². The van der Waals surface area contributed by atoms with Crippen molar-refractivity contribution >= 4 is 28.5 Å². The maximum atomic E-state index is 11.9. The van der Waals surface area contributed by atoms with Gasteiger partial charge in [-0.1, -0.05) is 55.5 Å². The van der Waals surface area contributed by atoms with E-state index in [4.69, 9.17) is 0 Å². The minimum Gasteiger partial charge on any atom is -0.481 e. The largest absolute Gasteiger partial charge is 0.481 e. The molecule has 0 aliphatic rings. The first-order valence-corrected chi connectivity index (χ1v) is 8.68. The first-order valence-electron chi connectivity index (χ1n) is 8.68. The molecule has 26 heavy (non-hydrogen) atoms. The minimum atomic E-state index is -0.892. The lowest BCUT2D eigenvalue weighted by atomic mass is 10.0. The molecule has 1 amide bonds. The number of benzene rings is 2. The Balaban J connectivity index is 2.29. The van der Waals surface area contributed by atoms with E-state index >= 15 is 0 Å². The molecule has 0 bridgehead atoms. The number of hydrogen-bond acceptors (Lipinski definition) is 2. The van der Waals surface area contributed by atoms with Crippen LogP contribution >= 0.6 is 0 Å². The third-order valence-electron chi connectivity index (χ3n) is 4.53. The molecule has 0 saturated heterocycles. The number of para-hydroxylation sites is 1. The second kappa shape index (κ2) is 7.44. The number of carbonyl (C=O) groups excluding carboxylic acids is 1. The van der Waals surface area contributed by atoms with E-state index in [1.165, 1.54) is 6.92 Å². The average molecular weight is 350 g/mol. The van der Waals surface area contributed by atoms with Gasteiger partial charge in [0.25, 0.3) is 0 Å². The van der Waals surface area contributed by atoms with E-state index in [1.54, 1.807) is 0 Å². The number of rotatable bonds is 6. The van der Waals surface area contributed by atoms with Crippen molar-refractivity contribution in [3.8, 4) is 0 Å². The van der Waals surface area contributed by atoms with Gasteiger partial charge in [0.05, 0.1) is 22.8 Å². The molecule has 2 N–H and O–H groups in total. The van der Waals surface area contributed by atoms with Gasteiger partial charge in [-0.15, -0.1) is 0 Å². The summed E-state index contributed by atoms with van der Waals surface area (Å²) >= 11 is 0. The summed E-state index contributed by atoms with van der Waals surface area (Å²) in [5, 5.41) is 13.5. The zero-order valence-corrected chi connectivity index (χ0v) is 14.9. The molecule has 134 valence electrons. The molecule has 1 atom stereocenters. The van der Waals surface area contributed by atoms with Crippen LogP contribution in [0.1, 0.15) is 37.4 Å². The smallest absolute Gasteiger partial charge is 0.312 e. The van der Waals surface area contributed by atoms with Gasteiger partial charge in [-0.25, -0.2) is 0 Å². The summed E-state index contributed by atoms with van der Waals surface area (Å²) in [5.74, 6) is -1.81. The molecule has 0 spiro atoms. The highest BCUT2D eigenvalue weighted by Crippen LogP contribution is 2.38. The summed E-state index contributed by atoms with van der Waals surface area (Å²) in [5.41, 5.74) is 3.22. The van der Waals surface area contributed by atoms with Crippen molar-refractivity contribution in [2.24, 2.45) is 0 Å². The van der Waals surface area contributed by atoms with Crippen molar-refractivity contribution in [2.45, 2.75) is 32.7 Å². The summed E-state index contributed by atoms with van der Waals surface area (Å²) < 4.78 is 2.01. The van der Waals surface area contributed by atoms with Gasteiger partial charge in [0.15, 0.2) is 0 Å². The third-order valence-corrected chi connectivity index (χ3v) is 4.53. The van der Waals surface area contributed by atoms with Gasteiger partial charge in [0.1, 0.15) is 0 Å². The van der Waals surface area contributed by atoms with Gasteiger partial charge in [-0.3, -0.25) is 9.59 Å². The molecular formula is C21H22N2O3. The van der Waals surface area contributed by atoms with Crippen LogP contribution in [0.15, 0.2) is 54.6 Å². The van der Waals surface area contributed by atoms with Crippen molar-refractivity contribution in [2.75, 3.05) is 5.32 Å². The molecule has 0 radical (unpaired) electrons. The second-order valence-corrected chi connectivity index (χ2v) is 6.33. The first kappa shape index (κ1) is 17.7. The number of anilines is 1. The standard InChI is InChI=1S/C21H22N2O3/c1-3-16(21(25)26)20-19(22-14(2)24)17-11-7-8-12-18(17)23(20)13-15-9-5-4-6-10-15/h4-12,16H,3,13H2,1-2H3,(H,22,24)(H,25,26). The van der Waals surface area contributed by atoms with Crippen LogP contribution in [0.2, 0.25) is 0 Å². The molecule has 1 unspecified atom stereocenters. The SMILES string of the molecule is CCC(C(=O)O)c1c(NC(C)=O)c2ccccc2n1Cc1ccccc1. The van der Waals surface area contributed by atoms with E-state index in [9.17, 15) is 14.7 Å². The number of aliphatic carboxylic acids is 1. The van der Waals surface area contributed by atoms with Crippen LogP contribution in [0.5, 0.6) is 0 Å². The fourth-order valence-corrected chi connectivity index (χ4v) is 3.41. The average Bonchev–Trinajstić information content (AvgIpc) is 2.90. The number of nitrogens with zero attached hydrogens (tertiary/aromatic N) is 1. The van der Waals surface area contributed by atoms with Crippen molar-refractivity contribution in [1.29, 1.82) is 0 Å². The number of fused-ring (bicyclic) bond motifs is 1. The Morgan fingerprint density at radius 2 is 1.73 bits per heavy atom. The number of carbonyl (C=O) groups is 2. The number of carboxylic acid groups (broad SMARTS) is 1. The third kappa shape index (κ3) is 3.33. The molecule has 5 nitrogen and oxygen atoms in total. The quantitative estimate of drug-likeness (QED) is 0.699. The lowest BCUT2D eigenvalue weighted by Crippen LogP contribution is -2.19. The molecule has 0 fully saturated rings. The molecule has 0 saturated carbocycles. The Morgan fingerprint density at radius 3 is 2.35 bits per heavy atom. The zero-order chi connectivity index (χ0) is 18.7. The summed E-state index contributed by atoms with van der Waals surface area (Å²) in [7, 11) is 0. The molecule has 1 aromatic heterocycles. The van der Waals surface area contributed by atoms with Crippen LogP contribution in [-0.4, -0.2) is 21.6 Å². The van der Waals surface area contributed by atoms with Crippen LogP contribution in [-0.2, 0) is 16.1 Å². The van der Waals surface area contributed by atoms with Gasteiger partial charge >= 0.3 is 5.97 Å². The molecule has 1 heterocycles. The summed E-state index contributed by atoms with van der Waals surface area (Å²) in [6, 6.07) is 17.6. The molecule has 0 aliphatic carbocycles. The number of nitrogens with one attached hydrogen (secondary N) is 1. The predicted octanol–water partition coefficient (Wildman–Crippen LogP) is 4.23. The highest BCUT2D eigenvalue weighted by atomic mass is 16.4. The Labute approximate surface area is 152 Å². The van der Waals surface area contributed by atoms with Crippen molar-refractivity contribution in [3.05, 3.63) is 65.9 Å². The normalized spacial score (nSPS) is 12.1. The fourth-order valence-electron chi connectivity index (χ4n) is 3.41. The predicted molar refractivity (Wildman–Crippen MR) is 102 cm³/mol. The molecule has 5 heteroatoms. The van der Waals surface area contributed by atoms with E-state index in [2.05, 4.69) is 5.32 Å². The lowest BCUT2D eigenvalue weighted by molar-refractivity contribution is -0.139. The van der Waals surface area contributed by atoms with Crippen molar-refractivity contribution in [1.82, 2.24) is 4.57 Å². The number of aromatic nitrogens is 1. The van der Waals surface area contributed by atoms with Crippen LogP contribution in [0, 0.1) is 0 Å². The van der Waals surface area contributed by atoms with Crippen LogP contribution in [0.4, 0.5) is 5.69 Å². The monoisotopic (exact) mass is 350 g/mol. The topological polar surface area (TPSA) is 71.3 Å². The van der Waals surface area contributed by atoms with Crippen LogP contribution in [0.3, 0.4) is 0 Å². The lowest BCUT2D eigenvalue weighted by Gasteiger charge is -2.18. The summed E-state index contributed by atoms with van der Waals surface area (Å²) in [4.78, 5) is 23.7. The zero-order valence-electron chi connectivity index (χ0n) is 14.9. The van der Waals surface area contributed by atoms with Gasteiger partial charge in [0, 0.05) is 18.9 Å². The maximum Gasteiger partial charge on any atom is 0.312 e. The van der Waals surface area contributed by atoms with Gasteiger partial charge in [-0.05, 0) is 18.1 Å². The number of amides is 1. The Hall–Kier alpha value is -3.08. The molecular weight excluding hydrogens is 328 g/mol. The molecule has 3 aromatic rings. The van der Waals surface area contributed by atoms with E-state index in [1.807, 2.05) is 66.1 Å². The van der Waals surface area contributed by atoms with E-state index in [0.29, 0.717) is 24.3 Å². The van der Waals surface area contributed by atoms with Crippen molar-refractivity contribution in [3.63, 3.8) is 0 Å². The summed E-state index contributed by atoms with van der Waals surface area (Å²) in [6.45, 7) is 3.83. The highest BCUT2D eigenvalue weighted by Gasteiger charge is 2.28. The summed E-state index contributed by atoms with van der Waals surface area (Å²) in [6.07, 6.45) is 0.438. The maximum absolute atomic E-state index is 11.9. The van der Waals surface area contributed by atoms with Gasteiger partial charge in [-0.2, -0.15) is 0 Å². The Kier molecular flexibility index (Phi) is 5.07. The molecule has 3 rings (SSSR count). The molecule has 2 aromatic carbocycles. The van der Waals surface area contributed by atoms with E-state index < -0.39 is 11.9 Å². The van der Waals surface area contributed by atoms with Crippen LogP contribution < -0.4 is 5.32 Å². The Bertz CT molecular complexity index is 945. The minimum absolute atomic E-state index is 0.214. The fraction of sp³-hybridized carbons (Fsp3) is 0.238. The second-order valence-electron chi connectivity index (χ2n) is 6.33. The number of carboxylic acids is 1. The number of hydrogen-bond donors (Lipinski definition) is 2. The Morgan fingerprint density at radius 1 is 1.08 bits per heavy atom. The van der Waals surface area contributed by atoms with Gasteiger partial charge in [0.2, 0.25) is 5.91 Å². The van der Waals surface area contributed by atoms with Gasteiger partial charge < -0.3 is 15.0 Å². The molecule has 0 aliphatic heterocycles. The highest BCUT2D eigenvalue weighted by molar-refractivity contribution is 6.04.